The Kier molecular flexibility index (Phi) is 4.04. The van der Waals surface area contributed by atoms with E-state index in [1.807, 2.05) is 18.2 Å². The molecule has 120 valence electrons. The monoisotopic (exact) mass is 311 g/mol. The van der Waals surface area contributed by atoms with E-state index in [1.165, 1.54) is 10.9 Å². The highest BCUT2D eigenvalue weighted by atomic mass is 16.5. The number of furan rings is 1. The van der Waals surface area contributed by atoms with Crippen LogP contribution in [-0.4, -0.2) is 42.9 Å². The molecule has 0 spiro atoms. The van der Waals surface area contributed by atoms with Crippen molar-refractivity contribution in [1.82, 2.24) is 4.90 Å². The van der Waals surface area contributed by atoms with E-state index in [4.69, 9.17) is 9.15 Å². The van der Waals surface area contributed by atoms with Gasteiger partial charge >= 0.3 is 0 Å². The number of aliphatic hydroxyl groups is 1. The highest BCUT2D eigenvalue weighted by Gasteiger charge is 2.19. The van der Waals surface area contributed by atoms with Crippen LogP contribution in [0.5, 0.6) is 0 Å². The molecule has 1 aliphatic rings. The van der Waals surface area contributed by atoms with Crippen LogP contribution in [0.25, 0.3) is 21.9 Å². The van der Waals surface area contributed by atoms with Gasteiger partial charge in [-0.25, -0.2) is 0 Å². The Bertz CT molecular complexity index is 811. The van der Waals surface area contributed by atoms with Gasteiger partial charge in [-0.05, 0) is 6.07 Å². The van der Waals surface area contributed by atoms with Gasteiger partial charge in [0.15, 0.2) is 0 Å². The van der Waals surface area contributed by atoms with Gasteiger partial charge < -0.3 is 14.3 Å². The predicted octanol–water partition coefficient (Wildman–Crippen LogP) is 3.03. The third-order valence-electron chi connectivity index (χ3n) is 4.56. The van der Waals surface area contributed by atoms with Crippen LogP contribution in [0.2, 0.25) is 0 Å². The van der Waals surface area contributed by atoms with E-state index in [2.05, 4.69) is 29.2 Å². The van der Waals surface area contributed by atoms with Crippen molar-refractivity contribution >= 4 is 21.9 Å². The maximum Gasteiger partial charge on any atom is 0.139 e. The summed E-state index contributed by atoms with van der Waals surface area (Å²) in [6, 6.07) is 14.5. The molecule has 4 heteroatoms. The number of para-hydroxylation sites is 2. The van der Waals surface area contributed by atoms with Crippen LogP contribution in [0.3, 0.4) is 0 Å². The van der Waals surface area contributed by atoms with Gasteiger partial charge in [0.05, 0.1) is 13.2 Å². The molecule has 2 heterocycles. The zero-order valence-corrected chi connectivity index (χ0v) is 13.1. The van der Waals surface area contributed by atoms with Gasteiger partial charge in [-0.2, -0.15) is 0 Å². The number of rotatable bonds is 3. The van der Waals surface area contributed by atoms with Crippen molar-refractivity contribution in [2.24, 2.45) is 5.92 Å². The molecule has 0 aliphatic carbocycles. The van der Waals surface area contributed by atoms with Crippen LogP contribution in [-0.2, 0) is 11.3 Å². The molecule has 0 amide bonds. The lowest BCUT2D eigenvalue weighted by atomic mass is 10.1. The van der Waals surface area contributed by atoms with Crippen LogP contribution in [0.4, 0.5) is 0 Å². The van der Waals surface area contributed by atoms with Crippen molar-refractivity contribution in [3.63, 3.8) is 0 Å². The van der Waals surface area contributed by atoms with Gasteiger partial charge in [-0.3, -0.25) is 4.90 Å². The number of hydrogen-bond acceptors (Lipinski definition) is 4. The summed E-state index contributed by atoms with van der Waals surface area (Å²) in [5.41, 5.74) is 3.10. The maximum atomic E-state index is 9.44. The molecular formula is C19H21NO3. The molecule has 2 aromatic carbocycles. The van der Waals surface area contributed by atoms with E-state index in [0.717, 1.165) is 36.2 Å². The van der Waals surface area contributed by atoms with Gasteiger partial charge in [0.2, 0.25) is 0 Å². The largest absolute Gasteiger partial charge is 0.456 e. The summed E-state index contributed by atoms with van der Waals surface area (Å²) in [6.07, 6.45) is 0. The average Bonchev–Trinajstić information content (AvgIpc) is 2.81. The Morgan fingerprint density at radius 3 is 2.87 bits per heavy atom. The SMILES string of the molecule is OCC1COCCN(Cc2cccc3c2oc2ccccc23)C1. The molecule has 1 N–H and O–H groups in total. The zero-order chi connectivity index (χ0) is 15.6. The van der Waals surface area contributed by atoms with E-state index < -0.39 is 0 Å². The van der Waals surface area contributed by atoms with Crippen molar-refractivity contribution < 1.29 is 14.3 Å². The number of benzene rings is 2. The summed E-state index contributed by atoms with van der Waals surface area (Å²) >= 11 is 0. The molecule has 1 unspecified atom stereocenters. The summed E-state index contributed by atoms with van der Waals surface area (Å²) in [4.78, 5) is 2.34. The van der Waals surface area contributed by atoms with Crippen LogP contribution < -0.4 is 0 Å². The molecule has 1 aromatic heterocycles. The Labute approximate surface area is 135 Å². The van der Waals surface area contributed by atoms with Gasteiger partial charge in [0, 0.05) is 48.5 Å². The Morgan fingerprint density at radius 2 is 1.96 bits per heavy atom. The smallest absolute Gasteiger partial charge is 0.139 e. The Morgan fingerprint density at radius 1 is 1.09 bits per heavy atom. The summed E-state index contributed by atoms with van der Waals surface area (Å²) in [7, 11) is 0. The Balaban J connectivity index is 1.68. The second kappa shape index (κ2) is 6.32. The first-order valence-electron chi connectivity index (χ1n) is 8.15. The first-order chi connectivity index (χ1) is 11.3. The second-order valence-corrected chi connectivity index (χ2v) is 6.25. The summed E-state index contributed by atoms with van der Waals surface area (Å²) in [6.45, 7) is 4.08. The molecule has 4 rings (SSSR count). The fraction of sp³-hybridized carbons (Fsp3) is 0.368. The molecule has 1 atom stereocenters. The van der Waals surface area contributed by atoms with E-state index >= 15 is 0 Å². The maximum absolute atomic E-state index is 9.44. The normalized spacial score (nSPS) is 20.1. The highest BCUT2D eigenvalue weighted by molar-refractivity contribution is 6.05. The van der Waals surface area contributed by atoms with E-state index in [9.17, 15) is 5.11 Å². The molecule has 1 fully saturated rings. The Hall–Kier alpha value is -1.88. The molecule has 0 bridgehead atoms. The van der Waals surface area contributed by atoms with Crippen molar-refractivity contribution in [3.05, 3.63) is 48.0 Å². The predicted molar refractivity (Wildman–Crippen MR) is 90.4 cm³/mol. The minimum atomic E-state index is 0.172. The topological polar surface area (TPSA) is 45.8 Å². The third kappa shape index (κ3) is 2.85. The summed E-state index contributed by atoms with van der Waals surface area (Å²) in [5.74, 6) is 0.187. The van der Waals surface area contributed by atoms with E-state index in [0.29, 0.717) is 13.2 Å². The lowest BCUT2D eigenvalue weighted by Crippen LogP contribution is -2.31. The summed E-state index contributed by atoms with van der Waals surface area (Å²) < 4.78 is 11.7. The van der Waals surface area contributed by atoms with Gasteiger partial charge in [-0.15, -0.1) is 0 Å². The standard InChI is InChI=1S/C19H21NO3/c21-12-14-10-20(8-9-22-13-14)11-15-4-3-6-17-16-5-1-2-7-18(16)23-19(15)17/h1-7,14,21H,8-13H2. The number of hydrogen-bond donors (Lipinski definition) is 1. The number of fused-ring (bicyclic) bond motifs is 3. The van der Waals surface area contributed by atoms with E-state index in [-0.39, 0.29) is 12.5 Å². The molecule has 1 saturated heterocycles. The summed E-state index contributed by atoms with van der Waals surface area (Å²) in [5, 5.41) is 11.8. The molecular weight excluding hydrogens is 290 g/mol. The van der Waals surface area contributed by atoms with Crippen molar-refractivity contribution in [3.8, 4) is 0 Å². The van der Waals surface area contributed by atoms with Gasteiger partial charge in [0.1, 0.15) is 11.2 Å². The zero-order valence-electron chi connectivity index (χ0n) is 13.1. The number of aliphatic hydroxyl groups excluding tert-OH is 1. The first-order valence-corrected chi connectivity index (χ1v) is 8.15. The van der Waals surface area contributed by atoms with Crippen LogP contribution >= 0.6 is 0 Å². The fourth-order valence-electron chi connectivity index (χ4n) is 3.38. The molecule has 0 radical (unpaired) electrons. The lowest BCUT2D eigenvalue weighted by molar-refractivity contribution is 0.0958. The van der Waals surface area contributed by atoms with E-state index in [1.54, 1.807) is 0 Å². The van der Waals surface area contributed by atoms with Crippen LogP contribution in [0, 0.1) is 5.92 Å². The van der Waals surface area contributed by atoms with Crippen molar-refractivity contribution in [2.75, 3.05) is 32.9 Å². The fourth-order valence-corrected chi connectivity index (χ4v) is 3.38. The lowest BCUT2D eigenvalue weighted by Gasteiger charge is -2.22. The molecule has 4 nitrogen and oxygen atoms in total. The number of nitrogens with zero attached hydrogens (tertiary/aromatic N) is 1. The van der Waals surface area contributed by atoms with Gasteiger partial charge in [0.25, 0.3) is 0 Å². The van der Waals surface area contributed by atoms with Crippen molar-refractivity contribution in [2.45, 2.75) is 6.54 Å². The minimum absolute atomic E-state index is 0.172. The highest BCUT2D eigenvalue weighted by Crippen LogP contribution is 2.31. The van der Waals surface area contributed by atoms with Gasteiger partial charge in [-0.1, -0.05) is 36.4 Å². The minimum Gasteiger partial charge on any atom is -0.456 e. The average molecular weight is 311 g/mol. The molecule has 23 heavy (non-hydrogen) atoms. The van der Waals surface area contributed by atoms with Crippen LogP contribution in [0.1, 0.15) is 5.56 Å². The molecule has 3 aromatic rings. The third-order valence-corrected chi connectivity index (χ3v) is 4.56. The quantitative estimate of drug-likeness (QED) is 0.807. The molecule has 1 aliphatic heterocycles. The van der Waals surface area contributed by atoms with Crippen molar-refractivity contribution in [1.29, 1.82) is 0 Å². The van der Waals surface area contributed by atoms with Crippen LogP contribution in [0.15, 0.2) is 46.9 Å². The molecule has 0 saturated carbocycles. The first kappa shape index (κ1) is 14.7. The number of ether oxygens (including phenoxy) is 1. The second-order valence-electron chi connectivity index (χ2n) is 6.25.